The zero-order chi connectivity index (χ0) is 14.8. The molecule has 0 aliphatic heterocycles. The van der Waals surface area contributed by atoms with E-state index in [1.54, 1.807) is 25.3 Å². The molecule has 1 unspecified atom stereocenters. The van der Waals surface area contributed by atoms with Crippen molar-refractivity contribution in [1.29, 1.82) is 0 Å². The molecule has 0 aliphatic carbocycles. The number of nitrogens with two attached hydrogens (primary N) is 1. The third-order valence-corrected chi connectivity index (χ3v) is 4.21. The van der Waals surface area contributed by atoms with Gasteiger partial charge in [-0.2, -0.15) is 0 Å². The van der Waals surface area contributed by atoms with E-state index in [1.807, 2.05) is 30.3 Å². The van der Waals surface area contributed by atoms with Crippen molar-refractivity contribution < 1.29 is 13.2 Å². The molecular weight excluding hydrogens is 274 g/mol. The van der Waals surface area contributed by atoms with Crippen LogP contribution in [-0.4, -0.2) is 21.8 Å². The molecule has 0 fully saturated rings. The van der Waals surface area contributed by atoms with E-state index in [-0.39, 0.29) is 4.90 Å². The summed E-state index contributed by atoms with van der Waals surface area (Å²) in [6.45, 7) is 0. The maximum absolute atomic E-state index is 11.6. The summed E-state index contributed by atoms with van der Waals surface area (Å²) >= 11 is 0. The van der Waals surface area contributed by atoms with E-state index in [0.717, 1.165) is 16.9 Å². The number of hydrogen-bond donors (Lipinski definition) is 1. The molecule has 2 rings (SSSR count). The average Bonchev–Trinajstić information content (AvgIpc) is 2.46. The number of methoxy groups -OCH3 is 1. The van der Waals surface area contributed by atoms with Crippen LogP contribution in [0.15, 0.2) is 53.4 Å². The van der Waals surface area contributed by atoms with Gasteiger partial charge >= 0.3 is 0 Å². The van der Waals surface area contributed by atoms with Gasteiger partial charge in [-0.1, -0.05) is 24.3 Å². The zero-order valence-electron chi connectivity index (χ0n) is 11.4. The second-order valence-corrected chi connectivity index (χ2v) is 6.61. The average molecular weight is 291 g/mol. The zero-order valence-corrected chi connectivity index (χ0v) is 12.2. The Hall–Kier alpha value is -1.85. The first kappa shape index (κ1) is 14.6. The van der Waals surface area contributed by atoms with Gasteiger partial charge in [0.15, 0.2) is 9.84 Å². The number of rotatable bonds is 4. The van der Waals surface area contributed by atoms with Crippen molar-refractivity contribution in [3.63, 3.8) is 0 Å². The molecule has 0 amide bonds. The van der Waals surface area contributed by atoms with Crippen molar-refractivity contribution in [2.45, 2.75) is 10.9 Å². The second kappa shape index (κ2) is 5.64. The predicted octanol–water partition coefficient (Wildman–Crippen LogP) is 2.15. The fourth-order valence-electron chi connectivity index (χ4n) is 1.97. The van der Waals surface area contributed by atoms with Crippen LogP contribution in [0.3, 0.4) is 0 Å². The maximum atomic E-state index is 11.6. The predicted molar refractivity (Wildman–Crippen MR) is 78.6 cm³/mol. The monoisotopic (exact) mass is 291 g/mol. The first-order chi connectivity index (χ1) is 9.41. The van der Waals surface area contributed by atoms with Gasteiger partial charge < -0.3 is 10.5 Å². The van der Waals surface area contributed by atoms with E-state index < -0.39 is 15.9 Å². The summed E-state index contributed by atoms with van der Waals surface area (Å²) in [5.74, 6) is 0.720. The van der Waals surface area contributed by atoms with E-state index in [2.05, 4.69) is 0 Å². The van der Waals surface area contributed by atoms with E-state index in [0.29, 0.717) is 0 Å². The van der Waals surface area contributed by atoms with Gasteiger partial charge in [0.1, 0.15) is 5.75 Å². The molecule has 0 saturated heterocycles. The molecule has 2 aromatic carbocycles. The lowest BCUT2D eigenvalue weighted by atomic mass is 9.99. The summed E-state index contributed by atoms with van der Waals surface area (Å²) in [4.78, 5) is 0.272. The Morgan fingerprint density at radius 2 is 1.65 bits per heavy atom. The summed E-state index contributed by atoms with van der Waals surface area (Å²) in [6.07, 6.45) is 1.18. The molecule has 1 atom stereocenters. The lowest BCUT2D eigenvalue weighted by Crippen LogP contribution is -2.12. The van der Waals surface area contributed by atoms with Crippen molar-refractivity contribution in [2.24, 2.45) is 5.73 Å². The first-order valence-corrected chi connectivity index (χ1v) is 8.00. The van der Waals surface area contributed by atoms with Crippen LogP contribution in [0.5, 0.6) is 5.75 Å². The lowest BCUT2D eigenvalue weighted by Gasteiger charge is -2.14. The maximum Gasteiger partial charge on any atom is 0.175 e. The van der Waals surface area contributed by atoms with E-state index in [4.69, 9.17) is 10.5 Å². The molecule has 4 nitrogen and oxygen atoms in total. The van der Waals surface area contributed by atoms with Gasteiger partial charge in [0.05, 0.1) is 18.0 Å². The summed E-state index contributed by atoms with van der Waals surface area (Å²) in [6, 6.07) is 13.7. The normalized spacial score (nSPS) is 12.9. The fourth-order valence-corrected chi connectivity index (χ4v) is 2.64. The van der Waals surface area contributed by atoms with Crippen LogP contribution in [0.4, 0.5) is 0 Å². The SMILES string of the molecule is COc1cccc(C(N)c2cccc(S(C)(=O)=O)c2)c1. The van der Waals surface area contributed by atoms with Crippen LogP contribution >= 0.6 is 0 Å². The quantitative estimate of drug-likeness (QED) is 0.937. The molecule has 106 valence electrons. The fraction of sp³-hybridized carbons (Fsp3) is 0.200. The molecule has 0 saturated carbocycles. The van der Waals surface area contributed by atoms with Crippen LogP contribution in [-0.2, 0) is 9.84 Å². The molecule has 0 radical (unpaired) electrons. The molecule has 0 spiro atoms. The molecule has 0 heterocycles. The van der Waals surface area contributed by atoms with Gasteiger partial charge in [-0.25, -0.2) is 8.42 Å². The number of benzene rings is 2. The van der Waals surface area contributed by atoms with Crippen LogP contribution in [0.2, 0.25) is 0 Å². The molecular formula is C15H17NO3S. The van der Waals surface area contributed by atoms with Crippen molar-refractivity contribution in [2.75, 3.05) is 13.4 Å². The lowest BCUT2D eigenvalue weighted by molar-refractivity contribution is 0.414. The van der Waals surface area contributed by atoms with Crippen molar-refractivity contribution in [3.8, 4) is 5.75 Å². The van der Waals surface area contributed by atoms with Crippen molar-refractivity contribution in [1.82, 2.24) is 0 Å². The Morgan fingerprint density at radius 1 is 1.05 bits per heavy atom. The third-order valence-electron chi connectivity index (χ3n) is 3.10. The van der Waals surface area contributed by atoms with Gasteiger partial charge in [-0.3, -0.25) is 0 Å². The molecule has 0 aromatic heterocycles. The number of ether oxygens (including phenoxy) is 1. The van der Waals surface area contributed by atoms with Crippen molar-refractivity contribution >= 4 is 9.84 Å². The molecule has 5 heteroatoms. The number of hydrogen-bond acceptors (Lipinski definition) is 4. The van der Waals surface area contributed by atoms with Crippen LogP contribution in [0.1, 0.15) is 17.2 Å². The number of sulfone groups is 1. The topological polar surface area (TPSA) is 69.4 Å². The molecule has 20 heavy (non-hydrogen) atoms. The smallest absolute Gasteiger partial charge is 0.175 e. The van der Waals surface area contributed by atoms with E-state index >= 15 is 0 Å². The molecule has 2 N–H and O–H groups in total. The second-order valence-electron chi connectivity index (χ2n) is 4.60. The molecule has 2 aromatic rings. The summed E-state index contributed by atoms with van der Waals surface area (Å²) < 4.78 is 28.3. The third kappa shape index (κ3) is 3.18. The minimum absolute atomic E-state index is 0.272. The Balaban J connectivity index is 2.40. The van der Waals surface area contributed by atoms with E-state index in [9.17, 15) is 8.42 Å². The van der Waals surface area contributed by atoms with Crippen LogP contribution < -0.4 is 10.5 Å². The first-order valence-electron chi connectivity index (χ1n) is 6.11. The highest BCUT2D eigenvalue weighted by Crippen LogP contribution is 2.24. The van der Waals surface area contributed by atoms with Gasteiger partial charge in [0.2, 0.25) is 0 Å². The minimum Gasteiger partial charge on any atom is -0.497 e. The van der Waals surface area contributed by atoms with Gasteiger partial charge in [-0.05, 0) is 35.4 Å². The summed E-state index contributed by atoms with van der Waals surface area (Å²) in [7, 11) is -1.64. The van der Waals surface area contributed by atoms with Gasteiger partial charge in [0.25, 0.3) is 0 Å². The Bertz CT molecular complexity index is 711. The standard InChI is InChI=1S/C15H17NO3S/c1-19-13-7-3-5-11(9-13)15(16)12-6-4-8-14(10-12)20(2,17)18/h3-10,15H,16H2,1-2H3. The van der Waals surface area contributed by atoms with Crippen LogP contribution in [0.25, 0.3) is 0 Å². The van der Waals surface area contributed by atoms with Crippen molar-refractivity contribution in [3.05, 3.63) is 59.7 Å². The Kier molecular flexibility index (Phi) is 4.11. The highest BCUT2D eigenvalue weighted by atomic mass is 32.2. The van der Waals surface area contributed by atoms with Crippen LogP contribution in [0, 0.1) is 0 Å². The summed E-state index contributed by atoms with van der Waals surface area (Å²) in [5, 5.41) is 0. The largest absolute Gasteiger partial charge is 0.497 e. The molecule has 0 aliphatic rings. The Labute approximate surface area is 119 Å². The summed E-state index contributed by atoms with van der Waals surface area (Å²) in [5.41, 5.74) is 7.82. The van der Waals surface area contributed by atoms with E-state index in [1.165, 1.54) is 6.26 Å². The molecule has 0 bridgehead atoms. The Morgan fingerprint density at radius 3 is 2.25 bits per heavy atom. The minimum atomic E-state index is -3.23. The highest BCUT2D eigenvalue weighted by molar-refractivity contribution is 7.90. The van der Waals surface area contributed by atoms with Gasteiger partial charge in [0, 0.05) is 6.26 Å². The van der Waals surface area contributed by atoms with Gasteiger partial charge in [-0.15, -0.1) is 0 Å². The highest BCUT2D eigenvalue weighted by Gasteiger charge is 2.13.